The Labute approximate surface area is 67.6 Å². The van der Waals surface area contributed by atoms with Crippen LogP contribution < -0.4 is 0 Å². The summed E-state index contributed by atoms with van der Waals surface area (Å²) < 4.78 is 9.96. The van der Waals surface area contributed by atoms with Crippen molar-refractivity contribution in [3.05, 3.63) is 12.7 Å². The van der Waals surface area contributed by atoms with Gasteiger partial charge in [-0.3, -0.25) is 0 Å². The molecule has 0 aliphatic heterocycles. The lowest BCUT2D eigenvalue weighted by atomic mass is 10.5. The van der Waals surface area contributed by atoms with Crippen LogP contribution in [0.5, 0.6) is 0 Å². The fourth-order valence-corrected chi connectivity index (χ4v) is 0.528. The lowest BCUT2D eigenvalue weighted by molar-refractivity contribution is -0.111. The minimum atomic E-state index is -0.651. The van der Waals surface area contributed by atoms with Crippen molar-refractivity contribution in [2.24, 2.45) is 0 Å². The molecule has 0 bridgehead atoms. The summed E-state index contributed by atoms with van der Waals surface area (Å²) in [6.07, 6.45) is 1.64. The Morgan fingerprint density at radius 1 is 1.55 bits per heavy atom. The van der Waals surface area contributed by atoms with Gasteiger partial charge in [-0.2, -0.15) is 0 Å². The molecule has 0 fully saturated rings. The van der Waals surface area contributed by atoms with E-state index >= 15 is 0 Å². The SMILES string of the molecule is C=CCOCCOC(O)CC. The topological polar surface area (TPSA) is 38.7 Å². The van der Waals surface area contributed by atoms with E-state index in [0.29, 0.717) is 26.2 Å². The van der Waals surface area contributed by atoms with Crippen molar-refractivity contribution in [2.75, 3.05) is 19.8 Å². The first-order chi connectivity index (χ1) is 5.31. The summed E-state index contributed by atoms with van der Waals surface area (Å²) in [5, 5.41) is 8.92. The standard InChI is InChI=1S/C8H16O3/c1-3-5-10-6-7-11-8(9)4-2/h3,8-9H,1,4-7H2,2H3. The number of aliphatic hydroxyl groups is 1. The van der Waals surface area contributed by atoms with Crippen LogP contribution in [0.2, 0.25) is 0 Å². The fraction of sp³-hybridized carbons (Fsp3) is 0.750. The molecule has 0 aromatic carbocycles. The highest BCUT2D eigenvalue weighted by Gasteiger charge is 1.97. The maximum absolute atomic E-state index is 8.92. The summed E-state index contributed by atoms with van der Waals surface area (Å²) in [5.41, 5.74) is 0. The van der Waals surface area contributed by atoms with Gasteiger partial charge in [0, 0.05) is 0 Å². The van der Waals surface area contributed by atoms with Crippen molar-refractivity contribution in [3.8, 4) is 0 Å². The Kier molecular flexibility index (Phi) is 7.46. The molecule has 0 aromatic heterocycles. The van der Waals surface area contributed by atoms with E-state index < -0.39 is 6.29 Å². The molecule has 0 heterocycles. The highest BCUT2D eigenvalue weighted by Crippen LogP contribution is 1.91. The van der Waals surface area contributed by atoms with Gasteiger partial charge in [0.2, 0.25) is 0 Å². The molecule has 0 saturated carbocycles. The van der Waals surface area contributed by atoms with Crippen molar-refractivity contribution in [1.82, 2.24) is 0 Å². The minimum Gasteiger partial charge on any atom is -0.375 e. The van der Waals surface area contributed by atoms with Gasteiger partial charge in [0.25, 0.3) is 0 Å². The smallest absolute Gasteiger partial charge is 0.154 e. The zero-order valence-corrected chi connectivity index (χ0v) is 6.95. The molecule has 66 valence electrons. The van der Waals surface area contributed by atoms with E-state index in [0.717, 1.165) is 0 Å². The molecule has 1 unspecified atom stereocenters. The molecule has 0 radical (unpaired) electrons. The summed E-state index contributed by atoms with van der Waals surface area (Å²) >= 11 is 0. The molecule has 0 saturated heterocycles. The first kappa shape index (κ1) is 10.6. The van der Waals surface area contributed by atoms with E-state index in [4.69, 9.17) is 14.6 Å². The Hall–Kier alpha value is -0.380. The number of rotatable bonds is 7. The van der Waals surface area contributed by atoms with E-state index in [1.165, 1.54) is 0 Å². The van der Waals surface area contributed by atoms with Crippen LogP contribution in [-0.4, -0.2) is 31.2 Å². The van der Waals surface area contributed by atoms with E-state index in [1.54, 1.807) is 6.08 Å². The van der Waals surface area contributed by atoms with Crippen LogP contribution in [0.15, 0.2) is 12.7 Å². The van der Waals surface area contributed by atoms with Crippen LogP contribution in [0.3, 0.4) is 0 Å². The summed E-state index contributed by atoms with van der Waals surface area (Å²) in [7, 11) is 0. The van der Waals surface area contributed by atoms with Gasteiger partial charge in [-0.25, -0.2) is 0 Å². The molecule has 11 heavy (non-hydrogen) atoms. The first-order valence-corrected chi connectivity index (χ1v) is 3.79. The van der Waals surface area contributed by atoms with Crippen LogP contribution in [0, 0.1) is 0 Å². The van der Waals surface area contributed by atoms with Gasteiger partial charge in [0.05, 0.1) is 19.8 Å². The Balaban J connectivity index is 2.95. The summed E-state index contributed by atoms with van der Waals surface area (Å²) in [5.74, 6) is 0. The molecule has 0 aromatic rings. The van der Waals surface area contributed by atoms with Crippen molar-refractivity contribution >= 4 is 0 Å². The van der Waals surface area contributed by atoms with Crippen LogP contribution in [-0.2, 0) is 9.47 Å². The third-order valence-electron chi connectivity index (χ3n) is 1.12. The Morgan fingerprint density at radius 2 is 2.27 bits per heavy atom. The molecule has 1 atom stereocenters. The summed E-state index contributed by atoms with van der Waals surface area (Å²) in [4.78, 5) is 0. The van der Waals surface area contributed by atoms with Gasteiger partial charge < -0.3 is 14.6 Å². The Bertz CT molecular complexity index is 93.3. The molecule has 3 nitrogen and oxygen atoms in total. The van der Waals surface area contributed by atoms with Crippen LogP contribution in [0.25, 0.3) is 0 Å². The second-order valence-electron chi connectivity index (χ2n) is 2.10. The van der Waals surface area contributed by atoms with Crippen LogP contribution in [0.1, 0.15) is 13.3 Å². The molecule has 0 spiro atoms. The molecule has 3 heteroatoms. The van der Waals surface area contributed by atoms with Crippen LogP contribution >= 0.6 is 0 Å². The zero-order chi connectivity index (χ0) is 8.53. The molecule has 0 aliphatic carbocycles. The van der Waals surface area contributed by atoms with Gasteiger partial charge in [0.1, 0.15) is 0 Å². The summed E-state index contributed by atoms with van der Waals surface area (Å²) in [6.45, 7) is 6.82. The third-order valence-corrected chi connectivity index (χ3v) is 1.12. The predicted molar refractivity (Wildman–Crippen MR) is 43.3 cm³/mol. The van der Waals surface area contributed by atoms with Crippen molar-refractivity contribution in [2.45, 2.75) is 19.6 Å². The maximum Gasteiger partial charge on any atom is 0.154 e. The van der Waals surface area contributed by atoms with E-state index in [9.17, 15) is 0 Å². The largest absolute Gasteiger partial charge is 0.375 e. The fourth-order valence-electron chi connectivity index (χ4n) is 0.528. The van der Waals surface area contributed by atoms with Gasteiger partial charge in [-0.1, -0.05) is 13.0 Å². The second kappa shape index (κ2) is 7.72. The first-order valence-electron chi connectivity index (χ1n) is 3.79. The summed E-state index contributed by atoms with van der Waals surface area (Å²) in [6, 6.07) is 0. The molecule has 0 amide bonds. The average molecular weight is 160 g/mol. The number of aliphatic hydroxyl groups excluding tert-OH is 1. The second-order valence-corrected chi connectivity index (χ2v) is 2.10. The van der Waals surface area contributed by atoms with Crippen molar-refractivity contribution < 1.29 is 14.6 Å². The molecule has 1 N–H and O–H groups in total. The molecule has 0 rings (SSSR count). The third kappa shape index (κ3) is 7.52. The average Bonchev–Trinajstić information content (AvgIpc) is 2.04. The monoisotopic (exact) mass is 160 g/mol. The van der Waals surface area contributed by atoms with Crippen LogP contribution in [0.4, 0.5) is 0 Å². The van der Waals surface area contributed by atoms with Gasteiger partial charge in [-0.15, -0.1) is 6.58 Å². The van der Waals surface area contributed by atoms with Gasteiger partial charge >= 0.3 is 0 Å². The number of ether oxygens (including phenoxy) is 2. The lowest BCUT2D eigenvalue weighted by Crippen LogP contribution is -2.14. The molecular formula is C8H16O3. The van der Waals surface area contributed by atoms with E-state index in [2.05, 4.69) is 6.58 Å². The highest BCUT2D eigenvalue weighted by molar-refractivity contribution is 4.63. The quantitative estimate of drug-likeness (QED) is 0.342. The van der Waals surface area contributed by atoms with Gasteiger partial charge in [0.15, 0.2) is 6.29 Å². The minimum absolute atomic E-state index is 0.433. The highest BCUT2D eigenvalue weighted by atomic mass is 16.6. The zero-order valence-electron chi connectivity index (χ0n) is 6.95. The lowest BCUT2D eigenvalue weighted by Gasteiger charge is -2.08. The maximum atomic E-state index is 8.92. The van der Waals surface area contributed by atoms with Crippen molar-refractivity contribution in [1.29, 1.82) is 0 Å². The molecule has 0 aliphatic rings. The van der Waals surface area contributed by atoms with Gasteiger partial charge in [-0.05, 0) is 6.42 Å². The number of hydrogen-bond donors (Lipinski definition) is 1. The predicted octanol–water partition coefficient (Wildman–Crippen LogP) is 0.934. The Morgan fingerprint density at radius 3 is 2.82 bits per heavy atom. The van der Waals surface area contributed by atoms with E-state index in [1.807, 2.05) is 6.92 Å². The van der Waals surface area contributed by atoms with E-state index in [-0.39, 0.29) is 0 Å². The number of hydrogen-bond acceptors (Lipinski definition) is 3. The van der Waals surface area contributed by atoms with Crippen molar-refractivity contribution in [3.63, 3.8) is 0 Å². The molecular weight excluding hydrogens is 144 g/mol. The normalized spacial score (nSPS) is 12.9.